The third-order valence-electron chi connectivity index (χ3n) is 2.56. The topological polar surface area (TPSA) is 49.9 Å². The summed E-state index contributed by atoms with van der Waals surface area (Å²) < 4.78 is 26.1. The summed E-state index contributed by atoms with van der Waals surface area (Å²) in [4.78, 5) is 24.1. The molecule has 0 unspecified atom stereocenters. The van der Waals surface area contributed by atoms with Gasteiger partial charge in [-0.3, -0.25) is 9.59 Å². The van der Waals surface area contributed by atoms with Crippen molar-refractivity contribution < 1.29 is 13.6 Å². The van der Waals surface area contributed by atoms with E-state index in [0.717, 1.165) is 0 Å². The van der Waals surface area contributed by atoms with Gasteiger partial charge in [0.1, 0.15) is 0 Å². The third kappa shape index (κ3) is 6.65. The van der Waals surface area contributed by atoms with Gasteiger partial charge in [0.2, 0.25) is 0 Å². The highest BCUT2D eigenvalue weighted by molar-refractivity contribution is 5.74. The number of hydrogen-bond donors (Lipinski definition) is 1. The number of halogens is 2. The minimum Gasteiger partial charge on any atom is -0.325 e. The van der Waals surface area contributed by atoms with Crippen LogP contribution >= 0.6 is 0 Å². The predicted molar refractivity (Wildman–Crippen MR) is 83.5 cm³/mol. The van der Waals surface area contributed by atoms with E-state index < -0.39 is 17.9 Å². The van der Waals surface area contributed by atoms with Crippen LogP contribution in [0.2, 0.25) is 0 Å². The first kappa shape index (κ1) is 21.8. The molecule has 1 aromatic rings. The van der Waals surface area contributed by atoms with Gasteiger partial charge in [0.15, 0.2) is 6.29 Å². The molecule has 0 atom stereocenters. The van der Waals surface area contributed by atoms with E-state index in [4.69, 9.17) is 0 Å². The van der Waals surface area contributed by atoms with E-state index in [1.807, 2.05) is 41.5 Å². The van der Waals surface area contributed by atoms with Crippen LogP contribution in [-0.4, -0.2) is 17.2 Å². The van der Waals surface area contributed by atoms with Gasteiger partial charge in [-0.25, -0.2) is 8.78 Å². The van der Waals surface area contributed by atoms with Gasteiger partial charge >= 0.3 is 0 Å². The molecule has 1 aliphatic rings. The van der Waals surface area contributed by atoms with Crippen molar-refractivity contribution >= 4 is 6.29 Å². The van der Waals surface area contributed by atoms with E-state index in [9.17, 15) is 18.4 Å². The summed E-state index contributed by atoms with van der Waals surface area (Å²) in [5, 5.41) is 0. The smallest absolute Gasteiger partial charge is 0.258 e. The van der Waals surface area contributed by atoms with Gasteiger partial charge in [-0.15, -0.1) is 0 Å². The normalized spacial score (nSPS) is 13.9. The Labute approximate surface area is 125 Å². The summed E-state index contributed by atoms with van der Waals surface area (Å²) in [7, 11) is 0. The number of fused-ring (bicyclic) bond motifs is 1. The molecule has 0 amide bonds. The van der Waals surface area contributed by atoms with Crippen LogP contribution in [-0.2, 0) is 12.8 Å². The number of hydrogen-bond acceptors (Lipinski definition) is 2. The molecule has 122 valence electrons. The largest absolute Gasteiger partial charge is 0.325 e. The number of carbonyl (C=O) groups is 1. The molecule has 1 aliphatic carbocycles. The first-order valence-corrected chi connectivity index (χ1v) is 7.60. The number of nitrogens with one attached hydrogen (secondary N) is 1. The Morgan fingerprint density at radius 3 is 2.14 bits per heavy atom. The average Bonchev–Trinajstić information content (AvgIpc) is 2.52. The van der Waals surface area contributed by atoms with Crippen molar-refractivity contribution in [3.8, 4) is 0 Å². The molecule has 21 heavy (non-hydrogen) atoms. The SMILES string of the molecule is CC.CC.CC.O=Cc1cc2c([nH]c1=O)CCC(F)(F)C2. The highest BCUT2D eigenvalue weighted by atomic mass is 19.3. The van der Waals surface area contributed by atoms with Crippen LogP contribution < -0.4 is 5.56 Å². The lowest BCUT2D eigenvalue weighted by atomic mass is 9.92. The number of aromatic amines is 1. The fourth-order valence-corrected chi connectivity index (χ4v) is 1.77. The lowest BCUT2D eigenvalue weighted by molar-refractivity contribution is -0.0128. The lowest BCUT2D eigenvalue weighted by Crippen LogP contribution is -2.29. The van der Waals surface area contributed by atoms with E-state index >= 15 is 0 Å². The molecule has 0 spiro atoms. The van der Waals surface area contributed by atoms with Gasteiger partial charge < -0.3 is 4.98 Å². The quantitative estimate of drug-likeness (QED) is 0.782. The molecule has 0 saturated carbocycles. The fraction of sp³-hybridized carbons (Fsp3) is 0.625. The Bertz CT molecular complexity index is 468. The van der Waals surface area contributed by atoms with Crippen molar-refractivity contribution in [2.45, 2.75) is 66.7 Å². The maximum atomic E-state index is 13.0. The molecule has 0 aliphatic heterocycles. The molecule has 2 rings (SSSR count). The van der Waals surface area contributed by atoms with Crippen LogP contribution in [0.3, 0.4) is 0 Å². The van der Waals surface area contributed by atoms with Crippen LogP contribution in [0, 0.1) is 0 Å². The van der Waals surface area contributed by atoms with Gasteiger partial charge in [0.05, 0.1) is 5.56 Å². The highest BCUT2D eigenvalue weighted by Gasteiger charge is 2.34. The second kappa shape index (κ2) is 11.2. The monoisotopic (exact) mass is 303 g/mol. The standard InChI is InChI=1S/C10H9F2NO2.3C2H6/c11-10(12)2-1-8-6(4-10)3-7(5-14)9(15)13-8;3*1-2/h3,5H,1-2,4H2,(H,13,15);3*1-2H3. The number of pyridine rings is 1. The zero-order chi connectivity index (χ0) is 17.1. The summed E-state index contributed by atoms with van der Waals surface area (Å²) in [6.45, 7) is 12.0. The number of H-pyrrole nitrogens is 1. The van der Waals surface area contributed by atoms with E-state index in [2.05, 4.69) is 4.98 Å². The van der Waals surface area contributed by atoms with Crippen molar-refractivity contribution in [1.29, 1.82) is 0 Å². The first-order chi connectivity index (χ1) is 10.0. The Morgan fingerprint density at radius 1 is 1.14 bits per heavy atom. The first-order valence-electron chi connectivity index (χ1n) is 7.60. The van der Waals surface area contributed by atoms with Crippen molar-refractivity contribution in [3.63, 3.8) is 0 Å². The molecule has 0 bridgehead atoms. The number of aldehydes is 1. The van der Waals surface area contributed by atoms with Crippen LogP contribution in [0.5, 0.6) is 0 Å². The maximum absolute atomic E-state index is 13.0. The Hall–Kier alpha value is -1.52. The molecular formula is C16H27F2NO2. The molecule has 0 saturated heterocycles. The summed E-state index contributed by atoms with van der Waals surface area (Å²) in [5.74, 6) is -2.73. The Kier molecular flexibility index (Phi) is 11.6. The summed E-state index contributed by atoms with van der Waals surface area (Å²) in [6, 6.07) is 1.26. The van der Waals surface area contributed by atoms with Crippen molar-refractivity contribution in [2.24, 2.45) is 0 Å². The zero-order valence-electron chi connectivity index (χ0n) is 13.8. The Morgan fingerprint density at radius 2 is 1.67 bits per heavy atom. The molecule has 1 N–H and O–H groups in total. The van der Waals surface area contributed by atoms with Gasteiger partial charge in [0.25, 0.3) is 11.5 Å². The van der Waals surface area contributed by atoms with Crippen molar-refractivity contribution in [1.82, 2.24) is 4.98 Å². The molecular weight excluding hydrogens is 276 g/mol. The third-order valence-corrected chi connectivity index (χ3v) is 2.56. The average molecular weight is 303 g/mol. The predicted octanol–water partition coefficient (Wildman–Crippen LogP) is 4.39. The van der Waals surface area contributed by atoms with Gasteiger partial charge in [-0.1, -0.05) is 41.5 Å². The Balaban J connectivity index is 0. The maximum Gasteiger partial charge on any atom is 0.258 e. The van der Waals surface area contributed by atoms with Gasteiger partial charge in [-0.2, -0.15) is 0 Å². The molecule has 0 fully saturated rings. The number of alkyl halides is 2. The number of aryl methyl sites for hydroxylation is 1. The van der Waals surface area contributed by atoms with E-state index in [1.165, 1.54) is 6.07 Å². The molecule has 3 nitrogen and oxygen atoms in total. The van der Waals surface area contributed by atoms with E-state index in [-0.39, 0.29) is 18.4 Å². The van der Waals surface area contributed by atoms with Gasteiger partial charge in [0, 0.05) is 18.5 Å². The highest BCUT2D eigenvalue weighted by Crippen LogP contribution is 2.31. The molecule has 1 aromatic heterocycles. The summed E-state index contributed by atoms with van der Waals surface area (Å²) in [6.07, 6.45) is -0.126. The minimum atomic E-state index is -2.73. The summed E-state index contributed by atoms with van der Waals surface area (Å²) >= 11 is 0. The molecule has 1 heterocycles. The van der Waals surface area contributed by atoms with Crippen LogP contribution in [0.4, 0.5) is 8.78 Å². The van der Waals surface area contributed by atoms with Crippen molar-refractivity contribution in [2.75, 3.05) is 0 Å². The van der Waals surface area contributed by atoms with Crippen LogP contribution in [0.1, 0.15) is 69.6 Å². The number of aromatic nitrogens is 1. The molecule has 0 radical (unpaired) electrons. The zero-order valence-corrected chi connectivity index (χ0v) is 13.8. The van der Waals surface area contributed by atoms with Gasteiger partial charge in [-0.05, 0) is 18.1 Å². The molecule has 5 heteroatoms. The second-order valence-electron chi connectivity index (χ2n) is 3.71. The lowest BCUT2D eigenvalue weighted by Gasteiger charge is -2.23. The van der Waals surface area contributed by atoms with Crippen LogP contribution in [0.25, 0.3) is 0 Å². The number of rotatable bonds is 1. The van der Waals surface area contributed by atoms with E-state index in [0.29, 0.717) is 17.5 Å². The summed E-state index contributed by atoms with van der Waals surface area (Å²) in [5.41, 5.74) is 0.296. The minimum absolute atomic E-state index is 0.0913. The number of carbonyl (C=O) groups excluding carboxylic acids is 1. The second-order valence-corrected chi connectivity index (χ2v) is 3.71. The van der Waals surface area contributed by atoms with Crippen molar-refractivity contribution in [3.05, 3.63) is 33.2 Å². The fourth-order valence-electron chi connectivity index (χ4n) is 1.77. The molecule has 0 aromatic carbocycles. The van der Waals surface area contributed by atoms with Crippen LogP contribution in [0.15, 0.2) is 10.9 Å². The van der Waals surface area contributed by atoms with E-state index in [1.54, 1.807) is 0 Å².